The van der Waals surface area contributed by atoms with Gasteiger partial charge in [-0.05, 0) is 24.1 Å². The van der Waals surface area contributed by atoms with Crippen molar-refractivity contribution < 1.29 is 28.2 Å². The number of amides is 1. The van der Waals surface area contributed by atoms with Gasteiger partial charge in [0.15, 0.2) is 0 Å². The van der Waals surface area contributed by atoms with Gasteiger partial charge in [-0.2, -0.15) is 8.78 Å². The van der Waals surface area contributed by atoms with Crippen molar-refractivity contribution in [3.8, 4) is 5.75 Å². The Morgan fingerprint density at radius 1 is 1.27 bits per heavy atom. The van der Waals surface area contributed by atoms with Crippen LogP contribution >= 0.6 is 0 Å². The number of aliphatic hydroxyl groups is 1. The third kappa shape index (κ3) is 4.69. The topological polar surface area (TPSA) is 62.2 Å². The zero-order chi connectivity index (χ0) is 18.5. The van der Waals surface area contributed by atoms with Gasteiger partial charge in [-0.1, -0.05) is 6.07 Å². The molecule has 1 aromatic carbocycles. The maximum absolute atomic E-state index is 12.8. The van der Waals surface area contributed by atoms with Crippen LogP contribution in [0.4, 0.5) is 8.78 Å². The molecule has 0 aliphatic carbocycles. The second kappa shape index (κ2) is 8.75. The molecule has 2 heterocycles. The summed E-state index contributed by atoms with van der Waals surface area (Å²) in [5.41, 5.74) is 0.312. The summed E-state index contributed by atoms with van der Waals surface area (Å²) in [6.45, 7) is 2.03. The number of carbonyl (C=O) groups excluding carboxylic acids is 1. The number of aliphatic hydroxyl groups excluding tert-OH is 1. The molecule has 0 bridgehead atoms. The Balaban J connectivity index is 1.64. The first-order valence-electron chi connectivity index (χ1n) is 8.82. The van der Waals surface area contributed by atoms with Gasteiger partial charge in [0.25, 0.3) is 5.91 Å². The molecule has 3 rings (SSSR count). The summed E-state index contributed by atoms with van der Waals surface area (Å²) in [6, 6.07) is 5.84. The third-order valence-electron chi connectivity index (χ3n) is 5.00. The minimum Gasteiger partial charge on any atom is -0.435 e. The van der Waals surface area contributed by atoms with Gasteiger partial charge < -0.3 is 19.5 Å². The number of nitrogens with zero attached hydrogens (tertiary/aromatic N) is 2. The molecular formula is C18H24F2N2O4. The Kier molecular flexibility index (Phi) is 6.39. The number of halogens is 2. The molecule has 2 saturated heterocycles. The standard InChI is InChI=1S/C18H24F2N2O4/c19-18(20)26-16-3-1-2-13(8-16)17(24)22-10-14(15(11-22)12-23)9-21-4-6-25-7-5-21/h1-3,8,14-15,18,23H,4-7,9-12H2/t14-,15-/m1/s1. The van der Waals surface area contributed by atoms with E-state index >= 15 is 0 Å². The average Bonchev–Trinajstić information content (AvgIpc) is 3.04. The predicted octanol–water partition coefficient (Wildman–Crippen LogP) is 1.30. The number of ether oxygens (including phenoxy) is 2. The van der Waals surface area contributed by atoms with Crippen molar-refractivity contribution in [3.05, 3.63) is 29.8 Å². The molecule has 1 N–H and O–H groups in total. The Morgan fingerprint density at radius 2 is 2.00 bits per heavy atom. The van der Waals surface area contributed by atoms with E-state index in [1.807, 2.05) is 0 Å². The second-order valence-corrected chi connectivity index (χ2v) is 6.73. The van der Waals surface area contributed by atoms with Crippen molar-refractivity contribution >= 4 is 5.91 Å². The van der Waals surface area contributed by atoms with Crippen LogP contribution in [0.2, 0.25) is 0 Å². The van der Waals surface area contributed by atoms with E-state index in [1.54, 1.807) is 11.0 Å². The minimum absolute atomic E-state index is 0.0160. The largest absolute Gasteiger partial charge is 0.435 e. The van der Waals surface area contributed by atoms with E-state index in [-0.39, 0.29) is 30.1 Å². The summed E-state index contributed by atoms with van der Waals surface area (Å²) >= 11 is 0. The first-order chi connectivity index (χ1) is 12.6. The fourth-order valence-electron chi connectivity index (χ4n) is 3.62. The number of hydrogen-bond acceptors (Lipinski definition) is 5. The Hall–Kier alpha value is -1.77. The lowest BCUT2D eigenvalue weighted by atomic mass is 9.96. The Morgan fingerprint density at radius 3 is 2.69 bits per heavy atom. The molecule has 2 atom stereocenters. The van der Waals surface area contributed by atoms with E-state index in [2.05, 4.69) is 9.64 Å². The van der Waals surface area contributed by atoms with Crippen molar-refractivity contribution in [2.45, 2.75) is 6.61 Å². The summed E-state index contributed by atoms with van der Waals surface area (Å²) in [6.07, 6.45) is 0. The van der Waals surface area contributed by atoms with E-state index in [4.69, 9.17) is 4.74 Å². The van der Waals surface area contributed by atoms with Gasteiger partial charge in [-0.25, -0.2) is 0 Å². The molecule has 1 aromatic rings. The summed E-state index contributed by atoms with van der Waals surface area (Å²) in [4.78, 5) is 16.7. The second-order valence-electron chi connectivity index (χ2n) is 6.73. The maximum Gasteiger partial charge on any atom is 0.387 e. The van der Waals surface area contributed by atoms with Crippen LogP contribution in [-0.4, -0.2) is 80.0 Å². The molecule has 1 amide bonds. The molecule has 0 unspecified atom stereocenters. The molecule has 2 aliphatic rings. The average molecular weight is 370 g/mol. The first kappa shape index (κ1) is 19.0. The van der Waals surface area contributed by atoms with Gasteiger partial charge in [0.2, 0.25) is 0 Å². The van der Waals surface area contributed by atoms with Crippen LogP contribution in [0.25, 0.3) is 0 Å². The molecule has 144 valence electrons. The number of likely N-dealkylation sites (tertiary alicyclic amines) is 1. The van der Waals surface area contributed by atoms with Gasteiger partial charge in [0.05, 0.1) is 13.2 Å². The third-order valence-corrected chi connectivity index (χ3v) is 5.00. The van der Waals surface area contributed by atoms with Crippen molar-refractivity contribution in [2.24, 2.45) is 11.8 Å². The van der Waals surface area contributed by atoms with Gasteiger partial charge >= 0.3 is 6.61 Å². The molecule has 0 aromatic heterocycles. The van der Waals surface area contributed by atoms with E-state index < -0.39 is 6.61 Å². The molecule has 6 nitrogen and oxygen atoms in total. The lowest BCUT2D eigenvalue weighted by molar-refractivity contribution is -0.0499. The van der Waals surface area contributed by atoms with E-state index in [1.165, 1.54) is 18.2 Å². The van der Waals surface area contributed by atoms with Crippen LogP contribution in [0.3, 0.4) is 0 Å². The highest BCUT2D eigenvalue weighted by Gasteiger charge is 2.36. The lowest BCUT2D eigenvalue weighted by Crippen LogP contribution is -2.41. The summed E-state index contributed by atoms with van der Waals surface area (Å²) < 4.78 is 34.5. The molecule has 26 heavy (non-hydrogen) atoms. The number of hydrogen-bond donors (Lipinski definition) is 1. The van der Waals surface area contributed by atoms with Gasteiger partial charge in [0, 0.05) is 50.8 Å². The molecule has 8 heteroatoms. The number of benzene rings is 1. The molecule has 0 radical (unpaired) electrons. The number of carbonyl (C=O) groups is 1. The summed E-state index contributed by atoms with van der Waals surface area (Å²) in [7, 11) is 0. The van der Waals surface area contributed by atoms with Crippen LogP contribution in [-0.2, 0) is 4.74 Å². The Labute approximate surface area is 151 Å². The van der Waals surface area contributed by atoms with Crippen LogP contribution in [0.5, 0.6) is 5.75 Å². The maximum atomic E-state index is 12.8. The highest BCUT2D eigenvalue weighted by Crippen LogP contribution is 2.27. The zero-order valence-corrected chi connectivity index (χ0v) is 14.5. The molecule has 2 aliphatic heterocycles. The minimum atomic E-state index is -2.93. The smallest absolute Gasteiger partial charge is 0.387 e. The van der Waals surface area contributed by atoms with E-state index in [9.17, 15) is 18.7 Å². The van der Waals surface area contributed by atoms with Crippen LogP contribution in [0, 0.1) is 11.8 Å². The van der Waals surface area contributed by atoms with Gasteiger partial charge in [-0.3, -0.25) is 9.69 Å². The summed E-state index contributed by atoms with van der Waals surface area (Å²) in [5.74, 6) is -0.0638. The van der Waals surface area contributed by atoms with Crippen LogP contribution in [0.15, 0.2) is 24.3 Å². The number of alkyl halides is 2. The fraction of sp³-hybridized carbons (Fsp3) is 0.611. The molecule has 0 saturated carbocycles. The quantitative estimate of drug-likeness (QED) is 0.818. The number of morpholine rings is 1. The monoisotopic (exact) mass is 370 g/mol. The van der Waals surface area contributed by atoms with Gasteiger partial charge in [-0.15, -0.1) is 0 Å². The number of rotatable bonds is 6. The van der Waals surface area contributed by atoms with Crippen LogP contribution < -0.4 is 4.74 Å². The zero-order valence-electron chi connectivity index (χ0n) is 14.5. The molecular weight excluding hydrogens is 346 g/mol. The summed E-state index contributed by atoms with van der Waals surface area (Å²) in [5, 5.41) is 9.69. The van der Waals surface area contributed by atoms with Crippen LogP contribution in [0.1, 0.15) is 10.4 Å². The van der Waals surface area contributed by atoms with E-state index in [0.29, 0.717) is 31.9 Å². The van der Waals surface area contributed by atoms with Crippen molar-refractivity contribution in [3.63, 3.8) is 0 Å². The highest BCUT2D eigenvalue weighted by molar-refractivity contribution is 5.94. The van der Waals surface area contributed by atoms with Crippen molar-refractivity contribution in [2.75, 3.05) is 52.5 Å². The highest BCUT2D eigenvalue weighted by atomic mass is 19.3. The Bertz CT molecular complexity index is 611. The van der Waals surface area contributed by atoms with Gasteiger partial charge in [0.1, 0.15) is 5.75 Å². The van der Waals surface area contributed by atoms with E-state index in [0.717, 1.165) is 19.6 Å². The molecule has 2 fully saturated rings. The normalized spacial score (nSPS) is 24.2. The van der Waals surface area contributed by atoms with Crippen molar-refractivity contribution in [1.82, 2.24) is 9.80 Å². The predicted molar refractivity (Wildman–Crippen MR) is 90.3 cm³/mol. The fourth-order valence-corrected chi connectivity index (χ4v) is 3.62. The van der Waals surface area contributed by atoms with Crippen molar-refractivity contribution in [1.29, 1.82) is 0 Å². The molecule has 0 spiro atoms. The SMILES string of the molecule is O=C(c1cccc(OC(F)F)c1)N1C[C@@H](CN2CCOCC2)[C@@H](CO)C1. The first-order valence-corrected chi connectivity index (χ1v) is 8.82. The lowest BCUT2D eigenvalue weighted by Gasteiger charge is -2.30.